The van der Waals surface area contributed by atoms with Crippen LogP contribution in [0.5, 0.6) is 0 Å². The highest BCUT2D eigenvalue weighted by Gasteiger charge is 2.27. The Morgan fingerprint density at radius 3 is 2.62 bits per heavy atom. The monoisotopic (exact) mass is 186 g/mol. The highest BCUT2D eigenvalue weighted by atomic mass is 16.3. The van der Waals surface area contributed by atoms with E-state index < -0.39 is 0 Å². The van der Waals surface area contributed by atoms with E-state index in [1.54, 1.807) is 16.8 Å². The number of carbonyl (C=O) groups excluding carboxylic acids is 1. The number of carbonyl (C=O) groups is 1. The number of hydrogen-bond donors (Lipinski definition) is 1. The van der Waals surface area contributed by atoms with Crippen molar-refractivity contribution in [2.45, 2.75) is 32.4 Å². The Morgan fingerprint density at radius 1 is 1.62 bits per heavy atom. The topological polar surface area (TPSA) is 43.8 Å². The average Bonchev–Trinajstić information content (AvgIpc) is 2.49. The van der Waals surface area contributed by atoms with Gasteiger partial charge in [0.2, 0.25) is 0 Å². The van der Waals surface area contributed by atoms with Gasteiger partial charge >= 0.3 is 6.03 Å². The number of aliphatic hydroxyl groups excluding tert-OH is 1. The third kappa shape index (κ3) is 2.34. The molecule has 1 atom stereocenters. The van der Waals surface area contributed by atoms with Gasteiger partial charge in [-0.1, -0.05) is 0 Å². The molecule has 0 spiro atoms. The molecule has 2 amide bonds. The molecular weight excluding hydrogens is 168 g/mol. The van der Waals surface area contributed by atoms with Gasteiger partial charge in [0.1, 0.15) is 0 Å². The minimum Gasteiger partial charge on any atom is -0.391 e. The molecule has 1 N–H and O–H groups in total. The van der Waals surface area contributed by atoms with Gasteiger partial charge in [-0.2, -0.15) is 0 Å². The fourth-order valence-corrected chi connectivity index (χ4v) is 1.36. The first kappa shape index (κ1) is 10.3. The second-order valence-corrected chi connectivity index (χ2v) is 3.88. The molecule has 1 aliphatic heterocycles. The van der Waals surface area contributed by atoms with Crippen molar-refractivity contribution in [3.8, 4) is 0 Å². The number of aliphatic hydroxyl groups is 1. The van der Waals surface area contributed by atoms with Crippen LogP contribution in [0, 0.1) is 0 Å². The summed E-state index contributed by atoms with van der Waals surface area (Å²) >= 11 is 0. The predicted molar refractivity (Wildman–Crippen MR) is 50.5 cm³/mol. The summed E-state index contributed by atoms with van der Waals surface area (Å²) in [5, 5.41) is 9.26. The Kier molecular flexibility index (Phi) is 3.14. The van der Waals surface area contributed by atoms with E-state index in [2.05, 4.69) is 0 Å². The molecule has 0 aromatic heterocycles. The smallest absolute Gasteiger partial charge is 0.320 e. The van der Waals surface area contributed by atoms with Gasteiger partial charge in [-0.3, -0.25) is 0 Å². The van der Waals surface area contributed by atoms with Crippen LogP contribution in [0.2, 0.25) is 0 Å². The molecule has 13 heavy (non-hydrogen) atoms. The van der Waals surface area contributed by atoms with Gasteiger partial charge in [0.05, 0.1) is 6.10 Å². The molecule has 1 heterocycles. The van der Waals surface area contributed by atoms with Crippen LogP contribution in [0.25, 0.3) is 0 Å². The highest BCUT2D eigenvalue weighted by molar-refractivity contribution is 5.74. The van der Waals surface area contributed by atoms with E-state index in [1.807, 2.05) is 13.8 Å². The van der Waals surface area contributed by atoms with Crippen LogP contribution in [0.15, 0.2) is 0 Å². The van der Waals surface area contributed by atoms with Crippen LogP contribution in [-0.2, 0) is 0 Å². The normalized spacial score (nSPS) is 22.5. The highest BCUT2D eigenvalue weighted by Crippen LogP contribution is 2.11. The van der Waals surface area contributed by atoms with Crippen molar-refractivity contribution >= 4 is 6.03 Å². The Balaban J connectivity index is 2.48. The first-order valence-electron chi connectivity index (χ1n) is 4.72. The van der Waals surface area contributed by atoms with Crippen LogP contribution in [0.1, 0.15) is 20.3 Å². The molecular formula is C9H18N2O2. The van der Waals surface area contributed by atoms with Crippen LogP contribution in [-0.4, -0.2) is 53.2 Å². The van der Waals surface area contributed by atoms with Crippen LogP contribution in [0.4, 0.5) is 4.79 Å². The van der Waals surface area contributed by atoms with Crippen molar-refractivity contribution in [2.24, 2.45) is 0 Å². The molecule has 4 heteroatoms. The molecule has 1 saturated heterocycles. The van der Waals surface area contributed by atoms with E-state index in [4.69, 9.17) is 0 Å². The molecule has 0 unspecified atom stereocenters. The minimum absolute atomic E-state index is 0.0200. The van der Waals surface area contributed by atoms with Crippen molar-refractivity contribution in [2.75, 3.05) is 20.1 Å². The van der Waals surface area contributed by atoms with Crippen molar-refractivity contribution in [3.05, 3.63) is 0 Å². The number of urea groups is 1. The number of hydrogen-bond acceptors (Lipinski definition) is 2. The number of likely N-dealkylation sites (tertiary alicyclic amines) is 1. The SMILES string of the molecule is CC(C)N(C)C(=O)N1CC[C@H](O)C1. The maximum atomic E-state index is 11.7. The van der Waals surface area contributed by atoms with E-state index in [-0.39, 0.29) is 18.2 Å². The summed E-state index contributed by atoms with van der Waals surface area (Å²) in [5.74, 6) is 0. The van der Waals surface area contributed by atoms with E-state index in [9.17, 15) is 9.90 Å². The number of amides is 2. The summed E-state index contributed by atoms with van der Waals surface area (Å²) in [4.78, 5) is 15.1. The number of rotatable bonds is 1. The summed E-state index contributed by atoms with van der Waals surface area (Å²) in [6.45, 7) is 5.11. The molecule has 1 rings (SSSR count). The summed E-state index contributed by atoms with van der Waals surface area (Å²) in [6, 6.07) is 0.233. The molecule has 0 aliphatic carbocycles. The predicted octanol–water partition coefficient (Wildman–Crippen LogP) is 0.513. The lowest BCUT2D eigenvalue weighted by Gasteiger charge is -2.27. The van der Waals surface area contributed by atoms with E-state index in [0.717, 1.165) is 0 Å². The molecule has 0 bridgehead atoms. The Hall–Kier alpha value is -0.770. The van der Waals surface area contributed by atoms with Gasteiger partial charge in [-0.05, 0) is 20.3 Å². The van der Waals surface area contributed by atoms with Gasteiger partial charge in [-0.15, -0.1) is 0 Å². The van der Waals surface area contributed by atoms with Gasteiger partial charge in [-0.25, -0.2) is 4.79 Å². The van der Waals surface area contributed by atoms with Crippen molar-refractivity contribution in [1.82, 2.24) is 9.80 Å². The summed E-state index contributed by atoms with van der Waals surface area (Å²) < 4.78 is 0. The lowest BCUT2D eigenvalue weighted by molar-refractivity contribution is 0.146. The van der Waals surface area contributed by atoms with Crippen LogP contribution < -0.4 is 0 Å². The maximum Gasteiger partial charge on any atom is 0.320 e. The second-order valence-electron chi connectivity index (χ2n) is 3.88. The van der Waals surface area contributed by atoms with Gasteiger partial charge in [0.25, 0.3) is 0 Å². The minimum atomic E-state index is -0.329. The number of nitrogens with zero attached hydrogens (tertiary/aromatic N) is 2. The Bertz CT molecular complexity index is 194. The summed E-state index contributed by atoms with van der Waals surface area (Å²) in [7, 11) is 1.79. The summed E-state index contributed by atoms with van der Waals surface area (Å²) in [5.41, 5.74) is 0. The third-order valence-corrected chi connectivity index (χ3v) is 2.51. The molecule has 4 nitrogen and oxygen atoms in total. The zero-order chi connectivity index (χ0) is 10.0. The molecule has 0 aromatic rings. The third-order valence-electron chi connectivity index (χ3n) is 2.51. The summed E-state index contributed by atoms with van der Waals surface area (Å²) in [6.07, 6.45) is 0.377. The zero-order valence-corrected chi connectivity index (χ0v) is 8.53. The van der Waals surface area contributed by atoms with Gasteiger partial charge in [0.15, 0.2) is 0 Å². The molecule has 1 fully saturated rings. The Morgan fingerprint density at radius 2 is 2.23 bits per heavy atom. The van der Waals surface area contributed by atoms with Crippen molar-refractivity contribution in [1.29, 1.82) is 0 Å². The number of β-amino-alcohol motifs (C(OH)–C–C–N with tert-alkyl or cyclic N) is 1. The van der Waals surface area contributed by atoms with Crippen molar-refractivity contribution < 1.29 is 9.90 Å². The molecule has 0 radical (unpaired) electrons. The lowest BCUT2D eigenvalue weighted by Crippen LogP contribution is -2.43. The molecule has 0 aromatic carbocycles. The standard InChI is InChI=1S/C9H18N2O2/c1-7(2)10(3)9(13)11-5-4-8(12)6-11/h7-8,12H,4-6H2,1-3H3/t8-/m0/s1. The lowest BCUT2D eigenvalue weighted by atomic mass is 10.3. The van der Waals surface area contributed by atoms with Crippen LogP contribution >= 0.6 is 0 Å². The average molecular weight is 186 g/mol. The molecule has 0 saturated carbocycles. The molecule has 76 valence electrons. The second kappa shape index (κ2) is 3.96. The fraction of sp³-hybridized carbons (Fsp3) is 0.889. The van der Waals surface area contributed by atoms with E-state index in [1.165, 1.54) is 0 Å². The van der Waals surface area contributed by atoms with Gasteiger partial charge < -0.3 is 14.9 Å². The first-order valence-corrected chi connectivity index (χ1v) is 4.72. The fourth-order valence-electron chi connectivity index (χ4n) is 1.36. The first-order chi connectivity index (χ1) is 6.02. The molecule has 1 aliphatic rings. The van der Waals surface area contributed by atoms with Crippen molar-refractivity contribution in [3.63, 3.8) is 0 Å². The maximum absolute atomic E-state index is 11.7. The Labute approximate surface area is 79.1 Å². The largest absolute Gasteiger partial charge is 0.391 e. The van der Waals surface area contributed by atoms with E-state index >= 15 is 0 Å². The van der Waals surface area contributed by atoms with Gasteiger partial charge in [0, 0.05) is 26.2 Å². The van der Waals surface area contributed by atoms with Crippen LogP contribution in [0.3, 0.4) is 0 Å². The quantitative estimate of drug-likeness (QED) is 0.648. The van der Waals surface area contributed by atoms with E-state index in [0.29, 0.717) is 19.5 Å². The zero-order valence-electron chi connectivity index (χ0n) is 8.53.